The summed E-state index contributed by atoms with van der Waals surface area (Å²) in [7, 11) is 1.73. The van der Waals surface area contributed by atoms with Gasteiger partial charge in [0.05, 0.1) is 12.1 Å². The molecule has 1 N–H and O–H groups in total. The molecule has 0 radical (unpaired) electrons. The number of amidine groups is 1. The van der Waals surface area contributed by atoms with Crippen molar-refractivity contribution in [3.05, 3.63) is 29.8 Å². The Morgan fingerprint density at radius 2 is 2.11 bits per heavy atom. The lowest BCUT2D eigenvalue weighted by atomic mass is 10.0. The second-order valence-electron chi connectivity index (χ2n) is 5.35. The van der Waals surface area contributed by atoms with E-state index in [4.69, 9.17) is 9.73 Å². The predicted molar refractivity (Wildman–Crippen MR) is 81.9 cm³/mol. The Labute approximate surface area is 118 Å². The zero-order valence-corrected chi connectivity index (χ0v) is 12.1. The average Bonchev–Trinajstić information content (AvgIpc) is 3.03. The first kappa shape index (κ1) is 13.0. The van der Waals surface area contributed by atoms with E-state index in [1.165, 1.54) is 31.2 Å². The molecule has 1 saturated carbocycles. The molecule has 1 spiro atoms. The summed E-state index contributed by atoms with van der Waals surface area (Å²) in [5.74, 6) is 1.14. The number of methoxy groups -OCH3 is 1. The quantitative estimate of drug-likeness (QED) is 0.914. The highest BCUT2D eigenvalue weighted by Crippen LogP contribution is 2.41. The van der Waals surface area contributed by atoms with Gasteiger partial charge < -0.3 is 10.1 Å². The molecule has 0 atom stereocenters. The predicted octanol–water partition coefficient (Wildman–Crippen LogP) is 3.66. The molecule has 0 aromatic heterocycles. The smallest absolute Gasteiger partial charge is 0.161 e. The number of benzene rings is 1. The third kappa shape index (κ3) is 2.79. The number of rotatable bonds is 3. The minimum Gasteiger partial charge on any atom is -0.380 e. The van der Waals surface area contributed by atoms with Crippen LogP contribution in [0, 0.1) is 0 Å². The molecule has 1 aliphatic heterocycles. The van der Waals surface area contributed by atoms with Crippen LogP contribution in [0.2, 0.25) is 0 Å². The number of ether oxygens (including phenoxy) is 1. The monoisotopic (exact) mass is 276 g/mol. The Bertz CT molecular complexity index is 481. The van der Waals surface area contributed by atoms with E-state index in [1.54, 1.807) is 7.11 Å². The van der Waals surface area contributed by atoms with Crippen molar-refractivity contribution in [1.29, 1.82) is 0 Å². The van der Waals surface area contributed by atoms with Gasteiger partial charge in [0.2, 0.25) is 0 Å². The molecule has 1 fully saturated rings. The second-order valence-corrected chi connectivity index (χ2v) is 6.32. The van der Waals surface area contributed by atoms with E-state index in [9.17, 15) is 0 Å². The van der Waals surface area contributed by atoms with Gasteiger partial charge in [0.25, 0.3) is 0 Å². The fourth-order valence-electron chi connectivity index (χ4n) is 2.87. The van der Waals surface area contributed by atoms with Crippen LogP contribution in [-0.2, 0) is 11.3 Å². The van der Waals surface area contributed by atoms with Crippen LogP contribution in [0.3, 0.4) is 0 Å². The Kier molecular flexibility index (Phi) is 3.80. The molecule has 2 aliphatic rings. The van der Waals surface area contributed by atoms with E-state index in [0.717, 1.165) is 16.6 Å². The normalized spacial score (nSPS) is 20.8. The van der Waals surface area contributed by atoms with Crippen molar-refractivity contribution < 1.29 is 4.74 Å². The highest BCUT2D eigenvalue weighted by molar-refractivity contribution is 8.14. The van der Waals surface area contributed by atoms with Crippen molar-refractivity contribution >= 4 is 22.6 Å². The van der Waals surface area contributed by atoms with E-state index in [0.29, 0.717) is 6.61 Å². The first-order valence-corrected chi connectivity index (χ1v) is 7.86. The molecule has 0 amide bonds. The van der Waals surface area contributed by atoms with Crippen molar-refractivity contribution in [2.45, 2.75) is 37.8 Å². The molecule has 3 rings (SSSR count). The van der Waals surface area contributed by atoms with Crippen LogP contribution in [0.15, 0.2) is 29.3 Å². The van der Waals surface area contributed by atoms with Gasteiger partial charge in [0.15, 0.2) is 5.17 Å². The third-order valence-corrected chi connectivity index (χ3v) is 5.06. The van der Waals surface area contributed by atoms with Crippen LogP contribution < -0.4 is 5.32 Å². The fraction of sp³-hybridized carbons (Fsp3) is 0.533. The van der Waals surface area contributed by atoms with Gasteiger partial charge in [0, 0.05) is 24.1 Å². The molecule has 1 heterocycles. The summed E-state index contributed by atoms with van der Waals surface area (Å²) >= 11 is 1.86. The van der Waals surface area contributed by atoms with Gasteiger partial charge >= 0.3 is 0 Å². The number of hydrogen-bond acceptors (Lipinski definition) is 4. The van der Waals surface area contributed by atoms with Crippen LogP contribution in [0.5, 0.6) is 0 Å². The number of nitrogens with one attached hydrogen (secondary N) is 1. The van der Waals surface area contributed by atoms with Crippen molar-refractivity contribution in [2.75, 3.05) is 18.2 Å². The SMILES string of the molecule is COCc1ccccc1NC1=NC2(CCCC2)CS1. The summed E-state index contributed by atoms with van der Waals surface area (Å²) < 4.78 is 5.24. The van der Waals surface area contributed by atoms with Crippen LogP contribution in [-0.4, -0.2) is 23.6 Å². The number of thioether (sulfide) groups is 1. The summed E-state index contributed by atoms with van der Waals surface area (Å²) in [5.41, 5.74) is 2.54. The Morgan fingerprint density at radius 1 is 1.32 bits per heavy atom. The first-order valence-electron chi connectivity index (χ1n) is 6.88. The number of nitrogens with zero attached hydrogens (tertiary/aromatic N) is 1. The highest BCUT2D eigenvalue weighted by Gasteiger charge is 2.38. The van der Waals surface area contributed by atoms with Gasteiger partial charge in [-0.15, -0.1) is 0 Å². The van der Waals surface area contributed by atoms with Crippen LogP contribution >= 0.6 is 11.8 Å². The van der Waals surface area contributed by atoms with Gasteiger partial charge in [-0.25, -0.2) is 0 Å². The lowest BCUT2D eigenvalue weighted by molar-refractivity contribution is 0.185. The van der Waals surface area contributed by atoms with E-state index < -0.39 is 0 Å². The Balaban J connectivity index is 1.75. The maximum atomic E-state index is 5.24. The Hall–Kier alpha value is -1.000. The lowest BCUT2D eigenvalue weighted by Crippen LogP contribution is -2.21. The number of hydrogen-bond donors (Lipinski definition) is 1. The van der Waals surface area contributed by atoms with Crippen molar-refractivity contribution in [3.63, 3.8) is 0 Å². The molecule has 1 aromatic carbocycles. The standard InChI is InChI=1S/C15H20N2OS/c1-18-10-12-6-2-3-7-13(12)16-14-17-15(11-19-14)8-4-5-9-15/h2-3,6-7H,4-5,8-11H2,1H3,(H,16,17). The maximum Gasteiger partial charge on any atom is 0.161 e. The largest absolute Gasteiger partial charge is 0.380 e. The molecule has 19 heavy (non-hydrogen) atoms. The van der Waals surface area contributed by atoms with E-state index in [2.05, 4.69) is 17.4 Å². The van der Waals surface area contributed by atoms with Crippen molar-refractivity contribution in [3.8, 4) is 0 Å². The summed E-state index contributed by atoms with van der Waals surface area (Å²) in [4.78, 5) is 4.94. The lowest BCUT2D eigenvalue weighted by Gasteiger charge is -2.16. The van der Waals surface area contributed by atoms with Crippen LogP contribution in [0.25, 0.3) is 0 Å². The van der Waals surface area contributed by atoms with Crippen LogP contribution in [0.4, 0.5) is 5.69 Å². The molecular formula is C15H20N2OS. The van der Waals surface area contributed by atoms with E-state index in [-0.39, 0.29) is 5.54 Å². The number of aliphatic imine (C=N–C) groups is 1. The summed E-state index contributed by atoms with van der Waals surface area (Å²) in [6.07, 6.45) is 5.17. The molecule has 3 nitrogen and oxygen atoms in total. The van der Waals surface area contributed by atoms with Crippen molar-refractivity contribution in [1.82, 2.24) is 0 Å². The van der Waals surface area contributed by atoms with Gasteiger partial charge in [-0.2, -0.15) is 0 Å². The van der Waals surface area contributed by atoms with Crippen LogP contribution in [0.1, 0.15) is 31.2 Å². The van der Waals surface area contributed by atoms with E-state index in [1.807, 2.05) is 23.9 Å². The molecule has 1 aromatic rings. The summed E-state index contributed by atoms with van der Waals surface area (Å²) in [6, 6.07) is 8.28. The van der Waals surface area contributed by atoms with E-state index >= 15 is 0 Å². The number of anilines is 1. The zero-order chi connectivity index (χ0) is 13.1. The number of para-hydroxylation sites is 1. The van der Waals surface area contributed by atoms with Crippen molar-refractivity contribution in [2.24, 2.45) is 4.99 Å². The molecule has 102 valence electrons. The minimum absolute atomic E-state index is 0.239. The molecule has 0 saturated heterocycles. The molecule has 0 unspecified atom stereocenters. The molecular weight excluding hydrogens is 256 g/mol. The Morgan fingerprint density at radius 3 is 2.89 bits per heavy atom. The average molecular weight is 276 g/mol. The first-order chi connectivity index (χ1) is 9.31. The third-order valence-electron chi connectivity index (χ3n) is 3.91. The van der Waals surface area contributed by atoms with Gasteiger partial charge in [0.1, 0.15) is 0 Å². The molecule has 4 heteroatoms. The van der Waals surface area contributed by atoms with Gasteiger partial charge in [-0.3, -0.25) is 4.99 Å². The topological polar surface area (TPSA) is 33.6 Å². The van der Waals surface area contributed by atoms with Gasteiger partial charge in [-0.1, -0.05) is 42.8 Å². The second kappa shape index (κ2) is 5.55. The zero-order valence-electron chi connectivity index (χ0n) is 11.3. The molecule has 0 bridgehead atoms. The summed E-state index contributed by atoms with van der Waals surface area (Å²) in [5, 5.41) is 4.55. The molecule has 1 aliphatic carbocycles. The van der Waals surface area contributed by atoms with Gasteiger partial charge in [-0.05, 0) is 18.9 Å². The minimum atomic E-state index is 0.239. The maximum absolute atomic E-state index is 5.24. The fourth-order valence-corrected chi connectivity index (χ4v) is 4.07. The highest BCUT2D eigenvalue weighted by atomic mass is 32.2. The summed E-state index contributed by atoms with van der Waals surface area (Å²) in [6.45, 7) is 0.631.